The Morgan fingerprint density at radius 3 is 2.74 bits per heavy atom. The van der Waals surface area contributed by atoms with Gasteiger partial charge in [0.2, 0.25) is 0 Å². The van der Waals surface area contributed by atoms with E-state index in [2.05, 4.69) is 15.4 Å². The summed E-state index contributed by atoms with van der Waals surface area (Å²) in [6, 6.07) is 17.5. The van der Waals surface area contributed by atoms with E-state index in [0.29, 0.717) is 57.3 Å². The maximum atomic E-state index is 15.4. The van der Waals surface area contributed by atoms with Gasteiger partial charge in [0.25, 0.3) is 5.91 Å². The highest BCUT2D eigenvalue weighted by Gasteiger charge is 2.34. The molecule has 1 aliphatic rings. The summed E-state index contributed by atoms with van der Waals surface area (Å²) in [6.07, 6.45) is 4.20. The molecule has 4 heterocycles. The van der Waals surface area contributed by atoms with Crippen LogP contribution >= 0.6 is 0 Å². The van der Waals surface area contributed by atoms with E-state index in [-0.39, 0.29) is 23.3 Å². The number of nitrogens with zero attached hydrogens (tertiary/aromatic N) is 6. The van der Waals surface area contributed by atoms with Crippen molar-refractivity contribution < 1.29 is 19.1 Å². The number of benzene rings is 2. The lowest BCUT2D eigenvalue weighted by molar-refractivity contribution is 0.0915. The highest BCUT2D eigenvalue weighted by molar-refractivity contribution is 5.97. The third-order valence-corrected chi connectivity index (χ3v) is 7.51. The Kier molecular flexibility index (Phi) is 6.16. The summed E-state index contributed by atoms with van der Waals surface area (Å²) >= 11 is 0. The van der Waals surface area contributed by atoms with Gasteiger partial charge < -0.3 is 16.2 Å². The van der Waals surface area contributed by atoms with Gasteiger partial charge in [0.05, 0.1) is 17.2 Å². The number of aldehydes is 1. The molecule has 12 heteroatoms. The number of phenols is 1. The molecule has 43 heavy (non-hydrogen) atoms. The van der Waals surface area contributed by atoms with Crippen molar-refractivity contribution in [2.24, 2.45) is 0 Å². The number of amides is 1. The Hall–Kier alpha value is -5.91. The number of rotatable bonds is 6. The van der Waals surface area contributed by atoms with Gasteiger partial charge in [-0.05, 0) is 71.8 Å². The van der Waals surface area contributed by atoms with Gasteiger partial charge in [-0.2, -0.15) is 5.10 Å². The molecule has 0 bridgehead atoms. The zero-order chi connectivity index (χ0) is 29.7. The van der Waals surface area contributed by atoms with Crippen molar-refractivity contribution >= 4 is 29.2 Å². The molecule has 4 N–H and O–H groups in total. The average molecular weight is 575 g/mol. The van der Waals surface area contributed by atoms with Crippen LogP contribution in [0.2, 0.25) is 0 Å². The van der Waals surface area contributed by atoms with Crippen molar-refractivity contribution in [2.45, 2.75) is 18.6 Å². The quantitative estimate of drug-likeness (QED) is 0.251. The first-order valence-electron chi connectivity index (χ1n) is 13.4. The van der Waals surface area contributed by atoms with Crippen LogP contribution in [0, 0.1) is 0 Å². The minimum atomic E-state index is -1.38. The predicted octanol–water partition coefficient (Wildman–Crippen LogP) is 4.13. The van der Waals surface area contributed by atoms with E-state index in [1.165, 1.54) is 18.2 Å². The number of nitrogen functional groups attached to an aromatic ring is 1. The van der Waals surface area contributed by atoms with Crippen molar-refractivity contribution in [1.29, 1.82) is 0 Å². The summed E-state index contributed by atoms with van der Waals surface area (Å²) in [5.74, 6) is 0.607. The highest BCUT2D eigenvalue weighted by Crippen LogP contribution is 2.37. The Labute approximate surface area is 243 Å². The Bertz CT molecular complexity index is 2040. The second-order valence-electron chi connectivity index (χ2n) is 10.1. The molecule has 2 atom stereocenters. The Balaban J connectivity index is 1.31. The van der Waals surface area contributed by atoms with Crippen molar-refractivity contribution in [1.82, 2.24) is 34.6 Å². The number of anilines is 1. The summed E-state index contributed by atoms with van der Waals surface area (Å²) in [7, 11) is 0. The lowest BCUT2D eigenvalue weighted by atomic mass is 10.1. The monoisotopic (exact) mass is 574 g/mol. The Morgan fingerprint density at radius 2 is 1.95 bits per heavy atom. The molecule has 0 saturated carbocycles. The van der Waals surface area contributed by atoms with Crippen LogP contribution in [0.1, 0.15) is 37.9 Å². The van der Waals surface area contributed by atoms with Crippen molar-refractivity contribution in [3.8, 4) is 28.6 Å². The molecule has 2 aromatic carbocycles. The van der Waals surface area contributed by atoms with Gasteiger partial charge in [-0.1, -0.05) is 6.07 Å². The number of nitrogens with two attached hydrogens (primary N) is 1. The highest BCUT2D eigenvalue weighted by atomic mass is 19.1. The summed E-state index contributed by atoms with van der Waals surface area (Å²) in [5.41, 5.74) is 10.2. The third-order valence-electron chi connectivity index (χ3n) is 7.51. The molecule has 212 valence electrons. The molecule has 0 unspecified atom stereocenters. The molecule has 11 nitrogen and oxygen atoms in total. The third kappa shape index (κ3) is 4.45. The van der Waals surface area contributed by atoms with Gasteiger partial charge >= 0.3 is 0 Å². The molecule has 1 amide bonds. The molecule has 0 aliphatic heterocycles. The van der Waals surface area contributed by atoms with Crippen LogP contribution in [-0.4, -0.2) is 52.8 Å². The fourth-order valence-corrected chi connectivity index (χ4v) is 5.43. The number of hydrogen-bond donors (Lipinski definition) is 3. The minimum Gasteiger partial charge on any atom is -0.507 e. The molecule has 7 rings (SSSR count). The molecule has 0 fully saturated rings. The number of alkyl halides is 1. The number of pyridine rings is 2. The molecule has 1 aliphatic carbocycles. The van der Waals surface area contributed by atoms with Crippen LogP contribution in [0.25, 0.3) is 34.1 Å². The van der Waals surface area contributed by atoms with Crippen LogP contribution in [0.4, 0.5) is 10.2 Å². The predicted molar refractivity (Wildman–Crippen MR) is 156 cm³/mol. The van der Waals surface area contributed by atoms with E-state index in [1.807, 2.05) is 34.9 Å². The van der Waals surface area contributed by atoms with Crippen molar-refractivity contribution in [3.05, 3.63) is 108 Å². The van der Waals surface area contributed by atoms with Crippen LogP contribution in [0.15, 0.2) is 85.3 Å². The molecule has 0 radical (unpaired) electrons. The number of carbonyl (C=O) groups is 2. The molecular formula is C31H23FN8O3. The second-order valence-corrected chi connectivity index (χ2v) is 10.1. The van der Waals surface area contributed by atoms with E-state index in [4.69, 9.17) is 15.7 Å². The number of aromatic nitrogens is 6. The fraction of sp³-hybridized carbons (Fsp3) is 0.0968. The number of hydrogen-bond acceptors (Lipinski definition) is 8. The standard InChI is InChI=1S/C31H23FN8O3/c32-23-15-18-14-20(5-6-21(18)27(23)38-31(43)17-4-8-25(42)19(13-17)16-41)40-29(22-3-1-10-34-28(22)33)36-24-7-9-26(37-30(24)40)39-12-2-11-35-39/h1-14,16,23,27,42H,15H2,(H2,33,34)(H,38,43)/t23-,27-/m1/s1. The number of nitrogens with one attached hydrogen (secondary N) is 1. The number of aromatic hydroxyl groups is 1. The summed E-state index contributed by atoms with van der Waals surface area (Å²) in [6.45, 7) is 0. The maximum Gasteiger partial charge on any atom is 0.251 e. The zero-order valence-corrected chi connectivity index (χ0v) is 22.4. The van der Waals surface area contributed by atoms with Crippen LogP contribution in [0.5, 0.6) is 5.75 Å². The normalized spacial score (nSPS) is 15.8. The van der Waals surface area contributed by atoms with Crippen LogP contribution < -0.4 is 11.1 Å². The van der Waals surface area contributed by atoms with E-state index in [9.17, 15) is 14.7 Å². The smallest absolute Gasteiger partial charge is 0.251 e. The number of imidazole rings is 1. The van der Waals surface area contributed by atoms with E-state index in [0.717, 1.165) is 0 Å². The Morgan fingerprint density at radius 1 is 1.07 bits per heavy atom. The average Bonchev–Trinajstić information content (AvgIpc) is 3.75. The van der Waals surface area contributed by atoms with Crippen LogP contribution in [-0.2, 0) is 6.42 Å². The van der Waals surface area contributed by atoms with E-state index < -0.39 is 18.1 Å². The number of carbonyl (C=O) groups excluding carboxylic acids is 2. The van der Waals surface area contributed by atoms with Crippen molar-refractivity contribution in [2.75, 3.05) is 5.73 Å². The lowest BCUT2D eigenvalue weighted by Crippen LogP contribution is -2.32. The second kappa shape index (κ2) is 10.2. The zero-order valence-electron chi connectivity index (χ0n) is 22.4. The molecule has 0 saturated heterocycles. The topological polar surface area (TPSA) is 154 Å². The fourth-order valence-electron chi connectivity index (χ4n) is 5.43. The summed E-state index contributed by atoms with van der Waals surface area (Å²) in [5, 5.41) is 16.8. The first kappa shape index (κ1) is 26.0. The van der Waals surface area contributed by atoms with Gasteiger partial charge in [0.1, 0.15) is 23.3 Å². The number of fused-ring (bicyclic) bond motifs is 2. The van der Waals surface area contributed by atoms with Gasteiger partial charge in [-0.15, -0.1) is 0 Å². The van der Waals surface area contributed by atoms with Crippen LogP contribution in [0.3, 0.4) is 0 Å². The van der Waals surface area contributed by atoms with Gasteiger partial charge in [0, 0.05) is 36.3 Å². The van der Waals surface area contributed by atoms with Gasteiger partial charge in [0.15, 0.2) is 23.6 Å². The van der Waals surface area contributed by atoms with Crippen molar-refractivity contribution in [3.63, 3.8) is 0 Å². The number of halogens is 1. The summed E-state index contributed by atoms with van der Waals surface area (Å²) in [4.78, 5) is 38.1. The first-order valence-corrected chi connectivity index (χ1v) is 13.4. The number of phenolic OH excluding ortho intramolecular Hbond substituents is 1. The van der Waals surface area contributed by atoms with Gasteiger partial charge in [-0.3, -0.25) is 14.2 Å². The molecule has 0 spiro atoms. The van der Waals surface area contributed by atoms with E-state index in [1.54, 1.807) is 41.5 Å². The largest absolute Gasteiger partial charge is 0.507 e. The lowest BCUT2D eigenvalue weighted by Gasteiger charge is -2.17. The maximum absolute atomic E-state index is 15.4. The van der Waals surface area contributed by atoms with Gasteiger partial charge in [-0.25, -0.2) is 24.0 Å². The summed E-state index contributed by atoms with van der Waals surface area (Å²) < 4.78 is 18.9. The SMILES string of the molecule is Nc1ncccc1-c1nc2ccc(-n3cccn3)nc2n1-c1ccc2c(c1)C[C@@H](F)[C@@H]2NC(=O)c1ccc(O)c(C=O)c1. The molecular weight excluding hydrogens is 551 g/mol. The minimum absolute atomic E-state index is 0.0251. The first-order chi connectivity index (χ1) is 20.9. The van der Waals surface area contributed by atoms with E-state index >= 15 is 4.39 Å². The molecule has 4 aromatic heterocycles. The molecule has 6 aromatic rings.